The van der Waals surface area contributed by atoms with Gasteiger partial charge in [-0.2, -0.15) is 4.98 Å². The van der Waals surface area contributed by atoms with Crippen LogP contribution in [0.15, 0.2) is 68.9 Å². The molecule has 2 N–H and O–H groups in total. The second-order valence-corrected chi connectivity index (χ2v) is 7.08. The van der Waals surface area contributed by atoms with Crippen LogP contribution in [0, 0.1) is 0 Å². The number of rotatable bonds is 4. The summed E-state index contributed by atoms with van der Waals surface area (Å²) < 4.78 is 31.0. The highest BCUT2D eigenvalue weighted by Gasteiger charge is 2.27. The van der Waals surface area contributed by atoms with E-state index in [9.17, 15) is 8.42 Å². The van der Waals surface area contributed by atoms with Crippen molar-refractivity contribution in [2.24, 2.45) is 5.73 Å². The molecule has 5 nitrogen and oxygen atoms in total. The van der Waals surface area contributed by atoms with E-state index >= 15 is 0 Å². The summed E-state index contributed by atoms with van der Waals surface area (Å²) in [6.45, 7) is -0.0675. The molecule has 0 radical (unpaired) electrons. The van der Waals surface area contributed by atoms with Gasteiger partial charge in [0.05, 0.1) is 11.4 Å². The number of hydrogen-bond donors (Lipinski definition) is 1. The zero-order valence-corrected chi connectivity index (χ0v) is 13.5. The molecular weight excluding hydrogens is 336 g/mol. The van der Waals surface area contributed by atoms with Crippen LogP contribution in [0.25, 0.3) is 11.5 Å². The Morgan fingerprint density at radius 2 is 1.70 bits per heavy atom. The smallest absolute Gasteiger partial charge is 0.227 e. The Hall–Kier alpha value is -2.15. The van der Waals surface area contributed by atoms with Crippen molar-refractivity contribution in [2.75, 3.05) is 0 Å². The van der Waals surface area contributed by atoms with E-state index in [1.54, 1.807) is 42.5 Å². The van der Waals surface area contributed by atoms with Crippen molar-refractivity contribution in [1.82, 2.24) is 4.98 Å². The molecular formula is C16H13ClN2O3S. The van der Waals surface area contributed by atoms with Gasteiger partial charge in [-0.3, -0.25) is 0 Å². The molecule has 0 aliphatic heterocycles. The highest BCUT2D eigenvalue weighted by molar-refractivity contribution is 7.91. The Balaban J connectivity index is 2.12. The maximum Gasteiger partial charge on any atom is 0.227 e. The fraction of sp³-hybridized carbons (Fsp3) is 0.0625. The van der Waals surface area contributed by atoms with Gasteiger partial charge in [0.2, 0.25) is 20.8 Å². The van der Waals surface area contributed by atoms with Gasteiger partial charge in [-0.25, -0.2) is 8.42 Å². The zero-order chi connectivity index (χ0) is 16.4. The SMILES string of the molecule is NCc1oc(-c2ccc(Cl)cc2)nc1S(=O)(=O)c1ccccc1. The van der Waals surface area contributed by atoms with E-state index < -0.39 is 9.84 Å². The maximum atomic E-state index is 12.7. The second-order valence-electron chi connectivity index (χ2n) is 4.77. The van der Waals surface area contributed by atoms with Gasteiger partial charge in [0.1, 0.15) is 0 Å². The summed E-state index contributed by atoms with van der Waals surface area (Å²) in [5.41, 5.74) is 6.25. The number of nitrogens with zero attached hydrogens (tertiary/aromatic N) is 1. The minimum atomic E-state index is -3.79. The van der Waals surface area contributed by atoms with Crippen molar-refractivity contribution in [3.63, 3.8) is 0 Å². The third-order valence-corrected chi connectivity index (χ3v) is 5.22. The monoisotopic (exact) mass is 348 g/mol. The first-order valence-electron chi connectivity index (χ1n) is 6.78. The third-order valence-electron chi connectivity index (χ3n) is 3.25. The molecule has 0 bridgehead atoms. The number of aromatic nitrogens is 1. The van der Waals surface area contributed by atoms with E-state index in [-0.39, 0.29) is 28.1 Å². The molecule has 3 rings (SSSR count). The fourth-order valence-corrected chi connectivity index (χ4v) is 3.60. The predicted molar refractivity (Wildman–Crippen MR) is 86.7 cm³/mol. The lowest BCUT2D eigenvalue weighted by atomic mass is 10.2. The first-order valence-corrected chi connectivity index (χ1v) is 8.64. The van der Waals surface area contributed by atoms with E-state index in [0.29, 0.717) is 10.6 Å². The summed E-state index contributed by atoms with van der Waals surface area (Å²) in [4.78, 5) is 4.30. The molecule has 0 atom stereocenters. The van der Waals surface area contributed by atoms with Gasteiger partial charge in [0.15, 0.2) is 5.76 Å². The summed E-state index contributed by atoms with van der Waals surface area (Å²) in [6.07, 6.45) is 0. The normalized spacial score (nSPS) is 11.6. The van der Waals surface area contributed by atoms with Crippen LogP contribution in [-0.2, 0) is 16.4 Å². The Labute approximate surface area is 138 Å². The highest BCUT2D eigenvalue weighted by atomic mass is 35.5. The standard InChI is InChI=1S/C16H13ClN2O3S/c17-12-8-6-11(7-9-12)15-19-16(14(10-18)22-15)23(20,21)13-4-2-1-3-5-13/h1-9H,10,18H2. The number of sulfone groups is 1. The Kier molecular flexibility index (Phi) is 4.21. The van der Waals surface area contributed by atoms with Gasteiger partial charge in [-0.05, 0) is 36.4 Å². The van der Waals surface area contributed by atoms with Gasteiger partial charge in [0, 0.05) is 10.6 Å². The van der Waals surface area contributed by atoms with Crippen molar-refractivity contribution < 1.29 is 12.8 Å². The number of oxazole rings is 1. The van der Waals surface area contributed by atoms with E-state index in [0.717, 1.165) is 0 Å². The van der Waals surface area contributed by atoms with Crippen LogP contribution in [0.1, 0.15) is 5.76 Å². The lowest BCUT2D eigenvalue weighted by Gasteiger charge is -2.01. The van der Waals surface area contributed by atoms with Crippen LogP contribution < -0.4 is 5.73 Å². The van der Waals surface area contributed by atoms with Crippen molar-refractivity contribution in [3.05, 3.63) is 65.4 Å². The van der Waals surface area contributed by atoms with Crippen molar-refractivity contribution in [3.8, 4) is 11.5 Å². The molecule has 0 spiro atoms. The minimum absolute atomic E-state index is 0.0675. The molecule has 23 heavy (non-hydrogen) atoms. The Morgan fingerprint density at radius 1 is 1.04 bits per heavy atom. The van der Waals surface area contributed by atoms with Crippen LogP contribution in [0.2, 0.25) is 5.02 Å². The first kappa shape index (κ1) is 15.7. The number of hydrogen-bond acceptors (Lipinski definition) is 5. The Bertz CT molecular complexity index is 920. The maximum absolute atomic E-state index is 12.7. The lowest BCUT2D eigenvalue weighted by molar-refractivity contribution is 0.510. The molecule has 0 saturated heterocycles. The number of benzene rings is 2. The van der Waals surface area contributed by atoms with E-state index in [4.69, 9.17) is 21.8 Å². The molecule has 0 fully saturated rings. The van der Waals surface area contributed by atoms with Crippen molar-refractivity contribution in [1.29, 1.82) is 0 Å². The van der Waals surface area contributed by atoms with Gasteiger partial charge in [-0.15, -0.1) is 0 Å². The van der Waals surface area contributed by atoms with E-state index in [1.807, 2.05) is 0 Å². The summed E-state index contributed by atoms with van der Waals surface area (Å²) >= 11 is 5.85. The van der Waals surface area contributed by atoms with Crippen LogP contribution >= 0.6 is 11.6 Å². The molecule has 0 unspecified atom stereocenters. The Morgan fingerprint density at radius 3 is 2.30 bits per heavy atom. The number of nitrogens with two attached hydrogens (primary N) is 1. The molecule has 118 valence electrons. The largest absolute Gasteiger partial charge is 0.438 e. The van der Waals surface area contributed by atoms with Crippen LogP contribution in [0.4, 0.5) is 0 Å². The molecule has 0 saturated carbocycles. The van der Waals surface area contributed by atoms with E-state index in [1.165, 1.54) is 12.1 Å². The first-order chi connectivity index (χ1) is 11.0. The van der Waals surface area contributed by atoms with Gasteiger partial charge < -0.3 is 10.2 Å². The van der Waals surface area contributed by atoms with Gasteiger partial charge >= 0.3 is 0 Å². The van der Waals surface area contributed by atoms with Gasteiger partial charge in [0.25, 0.3) is 0 Å². The van der Waals surface area contributed by atoms with Crippen LogP contribution in [0.3, 0.4) is 0 Å². The highest BCUT2D eigenvalue weighted by Crippen LogP contribution is 2.29. The summed E-state index contributed by atoms with van der Waals surface area (Å²) in [5, 5.41) is 0.410. The third kappa shape index (κ3) is 3.01. The summed E-state index contributed by atoms with van der Waals surface area (Å²) in [6, 6.07) is 14.8. The average molecular weight is 349 g/mol. The lowest BCUT2D eigenvalue weighted by Crippen LogP contribution is -2.07. The summed E-state index contributed by atoms with van der Waals surface area (Å²) in [7, 11) is -3.79. The molecule has 0 amide bonds. The molecule has 2 aromatic carbocycles. The quantitative estimate of drug-likeness (QED) is 0.781. The molecule has 0 aliphatic carbocycles. The van der Waals surface area contributed by atoms with Crippen LogP contribution in [-0.4, -0.2) is 13.4 Å². The molecule has 7 heteroatoms. The van der Waals surface area contributed by atoms with Crippen LogP contribution in [0.5, 0.6) is 0 Å². The average Bonchev–Trinajstić information content (AvgIpc) is 3.01. The van der Waals surface area contributed by atoms with Crippen molar-refractivity contribution >= 4 is 21.4 Å². The zero-order valence-electron chi connectivity index (χ0n) is 11.9. The fourth-order valence-electron chi connectivity index (χ4n) is 2.10. The van der Waals surface area contributed by atoms with E-state index in [2.05, 4.69) is 4.98 Å². The number of halogens is 1. The molecule has 1 heterocycles. The minimum Gasteiger partial charge on any atom is -0.438 e. The van der Waals surface area contributed by atoms with Gasteiger partial charge in [-0.1, -0.05) is 29.8 Å². The topological polar surface area (TPSA) is 86.2 Å². The molecule has 1 aromatic heterocycles. The molecule has 0 aliphatic rings. The predicted octanol–water partition coefficient (Wildman–Crippen LogP) is 3.29. The van der Waals surface area contributed by atoms with Crippen molar-refractivity contribution in [2.45, 2.75) is 16.5 Å². The second kappa shape index (κ2) is 6.16. The molecule has 3 aromatic rings. The summed E-state index contributed by atoms with van der Waals surface area (Å²) in [5.74, 6) is 0.315.